The molecule has 0 unspecified atom stereocenters. The highest BCUT2D eigenvalue weighted by Gasteiger charge is 2.50. The molecular weight excluding hydrogens is 228 g/mol. The molecule has 2 amide bonds. The fourth-order valence-electron chi connectivity index (χ4n) is 3.34. The van der Waals surface area contributed by atoms with Crippen molar-refractivity contribution in [2.75, 3.05) is 26.2 Å². The molecule has 4 nitrogen and oxygen atoms in total. The number of fused-ring (bicyclic) bond motifs is 1. The van der Waals surface area contributed by atoms with Gasteiger partial charge in [-0.1, -0.05) is 13.0 Å². The van der Waals surface area contributed by atoms with Gasteiger partial charge in [-0.15, -0.1) is 6.58 Å². The minimum atomic E-state index is 0.0444. The van der Waals surface area contributed by atoms with E-state index >= 15 is 0 Å². The van der Waals surface area contributed by atoms with E-state index in [1.54, 1.807) is 6.08 Å². The minimum Gasteiger partial charge on any atom is -0.341 e. The van der Waals surface area contributed by atoms with Crippen molar-refractivity contribution in [2.24, 2.45) is 23.7 Å². The van der Waals surface area contributed by atoms with Crippen LogP contribution in [0.4, 0.5) is 0 Å². The summed E-state index contributed by atoms with van der Waals surface area (Å²) < 4.78 is 0. The molecule has 0 spiro atoms. The van der Waals surface area contributed by atoms with Gasteiger partial charge in [-0.25, -0.2) is 0 Å². The first kappa shape index (κ1) is 11.8. The van der Waals surface area contributed by atoms with Crippen molar-refractivity contribution in [2.45, 2.75) is 13.3 Å². The van der Waals surface area contributed by atoms with E-state index in [9.17, 15) is 9.59 Å². The Kier molecular flexibility index (Phi) is 2.68. The molecule has 0 bridgehead atoms. The number of amides is 2. The molecule has 2 aliphatic heterocycles. The number of carbonyl (C=O) groups excluding carboxylic acids is 2. The molecule has 3 fully saturated rings. The first-order valence-electron chi connectivity index (χ1n) is 6.80. The lowest BCUT2D eigenvalue weighted by Gasteiger charge is -2.21. The Bertz CT molecular complexity index is 407. The van der Waals surface area contributed by atoms with Gasteiger partial charge in [-0.05, 0) is 12.3 Å². The van der Waals surface area contributed by atoms with Gasteiger partial charge >= 0.3 is 0 Å². The van der Waals surface area contributed by atoms with E-state index in [-0.39, 0.29) is 23.7 Å². The highest BCUT2D eigenvalue weighted by atomic mass is 16.2. The van der Waals surface area contributed by atoms with E-state index in [4.69, 9.17) is 0 Å². The largest absolute Gasteiger partial charge is 0.341 e. The lowest BCUT2D eigenvalue weighted by Crippen LogP contribution is -2.36. The monoisotopic (exact) mass is 248 g/mol. The quantitative estimate of drug-likeness (QED) is 0.691. The van der Waals surface area contributed by atoms with Crippen LogP contribution in [0.3, 0.4) is 0 Å². The van der Waals surface area contributed by atoms with Gasteiger partial charge in [0.05, 0.1) is 5.92 Å². The normalized spacial score (nSPS) is 37.9. The molecule has 0 aromatic rings. The van der Waals surface area contributed by atoms with Crippen LogP contribution in [0.1, 0.15) is 13.3 Å². The summed E-state index contributed by atoms with van der Waals surface area (Å²) in [5.74, 6) is 1.66. The van der Waals surface area contributed by atoms with Crippen LogP contribution in [0.2, 0.25) is 0 Å². The van der Waals surface area contributed by atoms with E-state index in [0.717, 1.165) is 19.5 Å². The van der Waals surface area contributed by atoms with Crippen molar-refractivity contribution >= 4 is 11.8 Å². The first-order valence-corrected chi connectivity index (χ1v) is 6.80. The maximum Gasteiger partial charge on any atom is 0.228 e. The molecule has 0 aromatic carbocycles. The maximum absolute atomic E-state index is 12.1. The van der Waals surface area contributed by atoms with Gasteiger partial charge in [0, 0.05) is 38.0 Å². The molecule has 18 heavy (non-hydrogen) atoms. The summed E-state index contributed by atoms with van der Waals surface area (Å²) in [6.07, 6.45) is 2.80. The average molecular weight is 248 g/mol. The van der Waals surface area contributed by atoms with Crippen LogP contribution in [-0.4, -0.2) is 47.8 Å². The van der Waals surface area contributed by atoms with E-state index in [0.29, 0.717) is 24.9 Å². The molecule has 2 saturated heterocycles. The van der Waals surface area contributed by atoms with Crippen LogP contribution in [0.25, 0.3) is 0 Å². The van der Waals surface area contributed by atoms with Crippen molar-refractivity contribution < 1.29 is 9.59 Å². The molecule has 2 heterocycles. The zero-order chi connectivity index (χ0) is 12.9. The number of likely N-dealkylation sites (tertiary alicyclic amines) is 2. The molecule has 3 aliphatic rings. The van der Waals surface area contributed by atoms with Gasteiger partial charge in [0.15, 0.2) is 0 Å². The van der Waals surface area contributed by atoms with Gasteiger partial charge in [0.2, 0.25) is 11.8 Å². The average Bonchev–Trinajstić information content (AvgIpc) is 2.81. The Morgan fingerprint density at radius 1 is 1.44 bits per heavy atom. The van der Waals surface area contributed by atoms with Gasteiger partial charge in [-0.2, -0.15) is 0 Å². The standard InChI is InChI=1S/C14H20N2O2/c1-3-4-15-6-10-7-16(8-12(10)14(15)18)13(17)11-5-9(11)2/h3,9-12H,1,4-8H2,2H3/t9-,10-,11-,12+/m1/s1. The maximum atomic E-state index is 12.1. The van der Waals surface area contributed by atoms with Crippen LogP contribution in [0.15, 0.2) is 12.7 Å². The third-order valence-electron chi connectivity index (χ3n) is 4.61. The molecule has 3 rings (SSSR count). The van der Waals surface area contributed by atoms with Crippen molar-refractivity contribution in [1.29, 1.82) is 0 Å². The molecule has 0 radical (unpaired) electrons. The van der Waals surface area contributed by atoms with E-state index in [1.807, 2.05) is 9.80 Å². The van der Waals surface area contributed by atoms with Crippen LogP contribution in [0, 0.1) is 23.7 Å². The van der Waals surface area contributed by atoms with Gasteiger partial charge < -0.3 is 9.80 Å². The van der Waals surface area contributed by atoms with E-state index < -0.39 is 0 Å². The summed E-state index contributed by atoms with van der Waals surface area (Å²) in [6.45, 7) is 8.64. The van der Waals surface area contributed by atoms with Crippen LogP contribution >= 0.6 is 0 Å². The number of rotatable bonds is 3. The Hall–Kier alpha value is -1.32. The number of hydrogen-bond donors (Lipinski definition) is 0. The Balaban J connectivity index is 1.62. The molecule has 1 saturated carbocycles. The zero-order valence-electron chi connectivity index (χ0n) is 10.8. The zero-order valence-corrected chi connectivity index (χ0v) is 10.8. The van der Waals surface area contributed by atoms with E-state index in [2.05, 4.69) is 13.5 Å². The molecule has 0 N–H and O–H groups in total. The second-order valence-corrected chi connectivity index (χ2v) is 5.96. The summed E-state index contributed by atoms with van der Waals surface area (Å²) >= 11 is 0. The molecule has 0 aromatic heterocycles. The van der Waals surface area contributed by atoms with Gasteiger partial charge in [-0.3, -0.25) is 9.59 Å². The second-order valence-electron chi connectivity index (χ2n) is 5.96. The third-order valence-corrected chi connectivity index (χ3v) is 4.61. The third kappa shape index (κ3) is 1.74. The summed E-state index contributed by atoms with van der Waals surface area (Å²) in [5, 5.41) is 0. The summed E-state index contributed by atoms with van der Waals surface area (Å²) in [4.78, 5) is 28.1. The van der Waals surface area contributed by atoms with Gasteiger partial charge in [0.1, 0.15) is 0 Å². The smallest absolute Gasteiger partial charge is 0.228 e. The van der Waals surface area contributed by atoms with Crippen molar-refractivity contribution in [3.63, 3.8) is 0 Å². The van der Waals surface area contributed by atoms with Crippen molar-refractivity contribution in [1.82, 2.24) is 9.80 Å². The van der Waals surface area contributed by atoms with Crippen LogP contribution in [0.5, 0.6) is 0 Å². The number of carbonyl (C=O) groups is 2. The fourth-order valence-corrected chi connectivity index (χ4v) is 3.34. The molecular formula is C14H20N2O2. The van der Waals surface area contributed by atoms with Crippen LogP contribution < -0.4 is 0 Å². The highest BCUT2D eigenvalue weighted by Crippen LogP contribution is 2.41. The van der Waals surface area contributed by atoms with E-state index in [1.165, 1.54) is 0 Å². The van der Waals surface area contributed by atoms with Gasteiger partial charge in [0.25, 0.3) is 0 Å². The van der Waals surface area contributed by atoms with Crippen molar-refractivity contribution in [3.05, 3.63) is 12.7 Å². The summed E-state index contributed by atoms with van der Waals surface area (Å²) in [5.41, 5.74) is 0. The molecule has 1 aliphatic carbocycles. The minimum absolute atomic E-state index is 0.0444. The first-order chi connectivity index (χ1) is 8.61. The summed E-state index contributed by atoms with van der Waals surface area (Å²) in [6, 6.07) is 0. The predicted octanol–water partition coefficient (Wildman–Crippen LogP) is 0.745. The molecule has 4 atom stereocenters. The number of nitrogens with zero attached hydrogens (tertiary/aromatic N) is 2. The summed E-state index contributed by atoms with van der Waals surface area (Å²) in [7, 11) is 0. The topological polar surface area (TPSA) is 40.6 Å². The Labute approximate surface area is 108 Å². The Morgan fingerprint density at radius 2 is 2.17 bits per heavy atom. The van der Waals surface area contributed by atoms with Crippen molar-refractivity contribution in [3.8, 4) is 0 Å². The fraction of sp³-hybridized carbons (Fsp3) is 0.714. The second kappa shape index (κ2) is 4.11. The Morgan fingerprint density at radius 3 is 2.72 bits per heavy atom. The number of hydrogen-bond acceptors (Lipinski definition) is 2. The lowest BCUT2D eigenvalue weighted by molar-refractivity contribution is -0.134. The highest BCUT2D eigenvalue weighted by molar-refractivity contribution is 5.86. The molecule has 98 valence electrons. The molecule has 4 heteroatoms. The lowest BCUT2D eigenvalue weighted by atomic mass is 10.0. The SMILES string of the molecule is C=CCN1C[C@@H]2CN(C(=O)[C@@H]3C[C@H]3C)C[C@@H]2C1=O. The predicted molar refractivity (Wildman–Crippen MR) is 67.6 cm³/mol. The van der Waals surface area contributed by atoms with Crippen LogP contribution in [-0.2, 0) is 9.59 Å².